The van der Waals surface area contributed by atoms with Crippen LogP contribution in [0.5, 0.6) is 0 Å². The number of hydrogen-bond donors (Lipinski definition) is 4. The Kier molecular flexibility index (Phi) is 7.36. The van der Waals surface area contributed by atoms with Crippen LogP contribution in [0, 0.1) is 46.3 Å². The van der Waals surface area contributed by atoms with E-state index >= 15 is 0 Å². The first kappa shape index (κ1) is 28.6. The van der Waals surface area contributed by atoms with Crippen molar-refractivity contribution in [3.8, 4) is 18.2 Å². The molecule has 2 heterocycles. The third-order valence-electron chi connectivity index (χ3n) is 7.67. The monoisotopic (exact) mass is 567 g/mol. The standard InChI is InChI=1S/C31H31F2N9/c1-18-19(12-34)6-5-7-23(18)28(25-16-42(41-40-25)31(8-9-31)29(32)33)39-22-10-20(13-35)26-24(11-22)27(21(14-36)15-37-26)38-17-30(2,3)4/h5-7,10-11,15-16,28-29,39-41H,8-9,17H2,1-4H3,(H,37,38)/t28-/m0/s1. The molecule has 0 radical (unpaired) electrons. The van der Waals surface area contributed by atoms with E-state index in [1.807, 2.05) is 19.1 Å². The normalized spacial score (nSPS) is 16.2. The van der Waals surface area contributed by atoms with Gasteiger partial charge in [0.2, 0.25) is 0 Å². The number of benzene rings is 2. The van der Waals surface area contributed by atoms with E-state index in [0.717, 1.165) is 11.1 Å². The molecule has 1 aliphatic heterocycles. The summed E-state index contributed by atoms with van der Waals surface area (Å²) in [5.74, 6) is 0. The SMILES string of the molecule is Cc1c(C#N)cccc1[C@H](Nc1cc(C#N)c2ncc(C#N)c(NCC(C)(C)C)c2c1)C1=CN(C2(C(F)F)CC2)NN1. The number of hydrazine groups is 2. The first-order valence-electron chi connectivity index (χ1n) is 13.6. The van der Waals surface area contributed by atoms with E-state index in [0.29, 0.717) is 64.1 Å². The summed E-state index contributed by atoms with van der Waals surface area (Å²) in [4.78, 5) is 4.42. The summed E-state index contributed by atoms with van der Waals surface area (Å²) in [5.41, 5.74) is 9.36. The molecule has 214 valence electrons. The highest BCUT2D eigenvalue weighted by Crippen LogP contribution is 2.47. The molecule has 0 bridgehead atoms. The van der Waals surface area contributed by atoms with Gasteiger partial charge in [0.25, 0.3) is 6.43 Å². The highest BCUT2D eigenvalue weighted by atomic mass is 19.3. The van der Waals surface area contributed by atoms with Crippen LogP contribution in [0.4, 0.5) is 20.2 Å². The largest absolute Gasteiger partial charge is 0.383 e. The molecule has 1 aromatic heterocycles. The lowest BCUT2D eigenvalue weighted by Crippen LogP contribution is -2.48. The first-order valence-corrected chi connectivity index (χ1v) is 13.6. The smallest absolute Gasteiger partial charge is 0.262 e. The number of pyridine rings is 1. The Labute approximate surface area is 243 Å². The molecule has 0 spiro atoms. The number of rotatable bonds is 8. The fraction of sp³-hybridized carbons (Fsp3) is 0.355. The van der Waals surface area contributed by atoms with Crippen LogP contribution in [-0.4, -0.2) is 28.5 Å². The van der Waals surface area contributed by atoms with Gasteiger partial charge in [-0.15, -0.1) is 5.53 Å². The fourth-order valence-electron chi connectivity index (χ4n) is 5.08. The van der Waals surface area contributed by atoms with Crippen molar-refractivity contribution in [2.45, 2.75) is 58.5 Å². The molecule has 0 amide bonds. The summed E-state index contributed by atoms with van der Waals surface area (Å²) in [6.07, 6.45) is 1.29. The Balaban J connectivity index is 1.63. The molecular formula is C31H31F2N9. The fourth-order valence-corrected chi connectivity index (χ4v) is 5.08. The zero-order chi connectivity index (χ0) is 30.2. The van der Waals surface area contributed by atoms with E-state index in [2.05, 4.69) is 65.6 Å². The Morgan fingerprint density at radius 1 is 1.07 bits per heavy atom. The number of nitriles is 3. The molecule has 2 aromatic carbocycles. The van der Waals surface area contributed by atoms with Crippen LogP contribution < -0.4 is 21.6 Å². The highest BCUT2D eigenvalue weighted by molar-refractivity contribution is 5.99. The van der Waals surface area contributed by atoms with Crippen molar-refractivity contribution < 1.29 is 8.78 Å². The lowest BCUT2D eigenvalue weighted by molar-refractivity contribution is 0.00911. The van der Waals surface area contributed by atoms with Gasteiger partial charge in [-0.3, -0.25) is 9.99 Å². The topological polar surface area (TPSA) is 136 Å². The maximum atomic E-state index is 13.9. The number of nitrogens with zero attached hydrogens (tertiary/aromatic N) is 5. The Morgan fingerprint density at radius 3 is 2.40 bits per heavy atom. The zero-order valence-corrected chi connectivity index (χ0v) is 23.8. The van der Waals surface area contributed by atoms with Gasteiger partial charge in [-0.2, -0.15) is 15.8 Å². The van der Waals surface area contributed by atoms with Crippen molar-refractivity contribution >= 4 is 22.3 Å². The van der Waals surface area contributed by atoms with Gasteiger partial charge in [-0.1, -0.05) is 32.9 Å². The Morgan fingerprint density at radius 2 is 1.79 bits per heavy atom. The average Bonchev–Trinajstić information content (AvgIpc) is 3.64. The molecule has 1 aliphatic carbocycles. The number of fused-ring (bicyclic) bond motifs is 1. The van der Waals surface area contributed by atoms with Crippen molar-refractivity contribution in [3.05, 3.63) is 76.2 Å². The molecule has 4 N–H and O–H groups in total. The summed E-state index contributed by atoms with van der Waals surface area (Å²) < 4.78 is 27.8. The van der Waals surface area contributed by atoms with E-state index in [9.17, 15) is 24.6 Å². The van der Waals surface area contributed by atoms with Crippen LogP contribution >= 0.6 is 0 Å². The number of hydrogen-bond acceptors (Lipinski definition) is 9. The van der Waals surface area contributed by atoms with Gasteiger partial charge in [0.1, 0.15) is 17.7 Å². The lowest BCUT2D eigenvalue weighted by Gasteiger charge is -2.25. The van der Waals surface area contributed by atoms with Crippen LogP contribution in [0.2, 0.25) is 0 Å². The number of halogens is 2. The average molecular weight is 568 g/mol. The molecule has 42 heavy (non-hydrogen) atoms. The van der Waals surface area contributed by atoms with Crippen LogP contribution in [0.1, 0.15) is 67.5 Å². The van der Waals surface area contributed by atoms with E-state index in [1.54, 1.807) is 24.4 Å². The van der Waals surface area contributed by atoms with Gasteiger partial charge in [0.15, 0.2) is 0 Å². The third-order valence-corrected chi connectivity index (χ3v) is 7.67. The quantitative estimate of drug-likeness (QED) is 0.269. The van der Waals surface area contributed by atoms with Crippen molar-refractivity contribution in [1.82, 2.24) is 21.0 Å². The third kappa shape index (κ3) is 5.25. The molecule has 0 saturated heterocycles. The van der Waals surface area contributed by atoms with Crippen molar-refractivity contribution in [2.75, 3.05) is 17.2 Å². The number of alkyl halides is 2. The van der Waals surface area contributed by atoms with E-state index in [-0.39, 0.29) is 5.41 Å². The summed E-state index contributed by atoms with van der Waals surface area (Å²) in [6, 6.07) is 14.9. The van der Waals surface area contributed by atoms with Gasteiger partial charge in [0, 0.05) is 30.0 Å². The summed E-state index contributed by atoms with van der Waals surface area (Å²) in [5, 5.41) is 38.4. The van der Waals surface area contributed by atoms with E-state index in [4.69, 9.17) is 0 Å². The van der Waals surface area contributed by atoms with Gasteiger partial charge >= 0.3 is 0 Å². The van der Waals surface area contributed by atoms with Crippen LogP contribution in [0.25, 0.3) is 10.9 Å². The lowest BCUT2D eigenvalue weighted by atomic mass is 9.94. The molecule has 2 aliphatic rings. The number of aromatic nitrogens is 1. The summed E-state index contributed by atoms with van der Waals surface area (Å²) >= 11 is 0. The number of nitrogens with one attached hydrogen (secondary N) is 4. The molecule has 3 aromatic rings. The Hall–Kier alpha value is -4.92. The van der Waals surface area contributed by atoms with Crippen LogP contribution in [-0.2, 0) is 0 Å². The van der Waals surface area contributed by atoms with Crippen molar-refractivity contribution in [1.29, 1.82) is 15.8 Å². The molecule has 1 saturated carbocycles. The van der Waals surface area contributed by atoms with Crippen molar-refractivity contribution in [2.24, 2.45) is 5.41 Å². The predicted octanol–water partition coefficient (Wildman–Crippen LogP) is 5.73. The second-order valence-electron chi connectivity index (χ2n) is 11.9. The maximum Gasteiger partial charge on any atom is 0.262 e. The molecule has 5 rings (SSSR count). The summed E-state index contributed by atoms with van der Waals surface area (Å²) in [7, 11) is 0. The first-order chi connectivity index (χ1) is 20.0. The molecule has 1 fully saturated rings. The minimum absolute atomic E-state index is 0.0821. The molecule has 11 heteroatoms. The maximum absolute atomic E-state index is 13.9. The predicted molar refractivity (Wildman–Crippen MR) is 156 cm³/mol. The highest BCUT2D eigenvalue weighted by Gasteiger charge is 2.56. The molecular weight excluding hydrogens is 536 g/mol. The van der Waals surface area contributed by atoms with E-state index in [1.165, 1.54) is 11.2 Å². The van der Waals surface area contributed by atoms with Gasteiger partial charge < -0.3 is 16.1 Å². The molecule has 9 nitrogen and oxygen atoms in total. The minimum atomic E-state index is -2.53. The molecule has 1 atom stereocenters. The van der Waals surface area contributed by atoms with Gasteiger partial charge in [-0.05, 0) is 54.5 Å². The van der Waals surface area contributed by atoms with Crippen LogP contribution in [0.3, 0.4) is 0 Å². The zero-order valence-electron chi connectivity index (χ0n) is 23.8. The second-order valence-corrected chi connectivity index (χ2v) is 11.9. The van der Waals surface area contributed by atoms with E-state index < -0.39 is 18.0 Å². The van der Waals surface area contributed by atoms with Gasteiger partial charge in [-0.25, -0.2) is 8.78 Å². The summed E-state index contributed by atoms with van der Waals surface area (Å²) in [6.45, 7) is 8.64. The van der Waals surface area contributed by atoms with Gasteiger partial charge in [0.05, 0.1) is 45.7 Å². The minimum Gasteiger partial charge on any atom is -0.383 e. The number of anilines is 2. The Bertz CT molecular complexity index is 1700. The van der Waals surface area contributed by atoms with Crippen LogP contribution in [0.15, 0.2) is 48.4 Å². The second kappa shape index (κ2) is 10.8. The van der Waals surface area contributed by atoms with Crippen molar-refractivity contribution in [3.63, 3.8) is 0 Å². The molecule has 0 unspecified atom stereocenters.